The van der Waals surface area contributed by atoms with Crippen LogP contribution in [0.4, 0.5) is 0 Å². The summed E-state index contributed by atoms with van der Waals surface area (Å²) in [5.74, 6) is -0.836. The van der Waals surface area contributed by atoms with Crippen molar-refractivity contribution in [3.63, 3.8) is 0 Å². The van der Waals surface area contributed by atoms with Gasteiger partial charge in [-0.25, -0.2) is 4.79 Å². The fourth-order valence-corrected chi connectivity index (χ4v) is 3.01. The fraction of sp³-hybridized carbons (Fsp3) is 0.217. The average Bonchev–Trinajstić information content (AvgIpc) is 2.73. The number of carbonyl (C=O) groups excluding carboxylic acids is 2. The first-order valence-electron chi connectivity index (χ1n) is 9.12. The van der Waals surface area contributed by atoms with Gasteiger partial charge in [0.25, 0.3) is 0 Å². The third-order valence-electron chi connectivity index (χ3n) is 4.42. The van der Waals surface area contributed by atoms with Crippen LogP contribution in [0.5, 0.6) is 0 Å². The maximum Gasteiger partial charge on any atom is 0.328 e. The molecule has 0 bridgehead atoms. The number of methoxy groups -OCH3 is 1. The summed E-state index contributed by atoms with van der Waals surface area (Å²) >= 11 is 0. The van der Waals surface area contributed by atoms with Gasteiger partial charge in [0.05, 0.1) is 13.7 Å². The minimum absolute atomic E-state index is 0.125. The van der Waals surface area contributed by atoms with Crippen molar-refractivity contribution < 1.29 is 19.1 Å². The lowest BCUT2D eigenvalue weighted by atomic mass is 10.0. The molecule has 1 amide bonds. The van der Waals surface area contributed by atoms with Gasteiger partial charge in [-0.15, -0.1) is 0 Å². The molecule has 3 rings (SSSR count). The molecule has 0 aliphatic heterocycles. The van der Waals surface area contributed by atoms with Crippen molar-refractivity contribution in [1.82, 2.24) is 5.32 Å². The highest BCUT2D eigenvalue weighted by Gasteiger charge is 2.22. The molecular weight excluding hydrogens is 354 g/mol. The maximum atomic E-state index is 12.2. The van der Waals surface area contributed by atoms with Gasteiger partial charge in [0.1, 0.15) is 12.6 Å². The van der Waals surface area contributed by atoms with Crippen molar-refractivity contribution in [3.8, 4) is 0 Å². The lowest BCUT2D eigenvalue weighted by Crippen LogP contribution is -2.44. The Kier molecular flexibility index (Phi) is 6.76. The Balaban J connectivity index is 1.59. The molecular formula is C23H23NO4. The molecule has 0 unspecified atom stereocenters. The summed E-state index contributed by atoms with van der Waals surface area (Å²) in [6.07, 6.45) is 0.349. The molecule has 0 saturated carbocycles. The van der Waals surface area contributed by atoms with Gasteiger partial charge in [-0.1, -0.05) is 72.8 Å². The van der Waals surface area contributed by atoms with Crippen molar-refractivity contribution >= 4 is 22.6 Å². The molecule has 0 radical (unpaired) electrons. The predicted octanol–water partition coefficient (Wildman–Crippen LogP) is 3.26. The van der Waals surface area contributed by atoms with Crippen molar-refractivity contribution in [3.05, 3.63) is 83.9 Å². The van der Waals surface area contributed by atoms with E-state index in [0.29, 0.717) is 13.0 Å². The highest BCUT2D eigenvalue weighted by molar-refractivity contribution is 5.86. The zero-order chi connectivity index (χ0) is 19.8. The smallest absolute Gasteiger partial charge is 0.328 e. The molecule has 3 aromatic rings. The molecule has 0 heterocycles. The van der Waals surface area contributed by atoms with Crippen LogP contribution in [-0.4, -0.2) is 31.6 Å². The molecule has 5 heteroatoms. The van der Waals surface area contributed by atoms with Crippen LogP contribution in [0.1, 0.15) is 11.1 Å². The van der Waals surface area contributed by atoms with Crippen molar-refractivity contribution in [2.24, 2.45) is 0 Å². The number of esters is 1. The van der Waals surface area contributed by atoms with Gasteiger partial charge in [0, 0.05) is 6.42 Å². The standard InChI is InChI=1S/C23H23NO4/c1-27-23(26)21(14-18-11-12-19-9-5-6-10-20(19)13-18)24-22(25)16-28-15-17-7-3-2-4-8-17/h2-13,21H,14-16H2,1H3,(H,24,25)/t21-/m1/s1. The Morgan fingerprint density at radius 3 is 2.36 bits per heavy atom. The number of nitrogens with one attached hydrogen (secondary N) is 1. The highest BCUT2D eigenvalue weighted by Crippen LogP contribution is 2.17. The lowest BCUT2D eigenvalue weighted by molar-refractivity contribution is -0.145. The normalized spacial score (nSPS) is 11.8. The molecule has 1 atom stereocenters. The van der Waals surface area contributed by atoms with Crippen LogP contribution in [0.2, 0.25) is 0 Å². The monoisotopic (exact) mass is 377 g/mol. The molecule has 0 fully saturated rings. The Hall–Kier alpha value is -3.18. The van der Waals surface area contributed by atoms with E-state index in [1.165, 1.54) is 7.11 Å². The van der Waals surface area contributed by atoms with Gasteiger partial charge in [0.15, 0.2) is 0 Å². The Morgan fingerprint density at radius 1 is 0.893 bits per heavy atom. The summed E-state index contributed by atoms with van der Waals surface area (Å²) in [6.45, 7) is 0.210. The molecule has 0 aliphatic rings. The van der Waals surface area contributed by atoms with E-state index < -0.39 is 12.0 Å². The number of carbonyl (C=O) groups is 2. The predicted molar refractivity (Wildman–Crippen MR) is 108 cm³/mol. The van der Waals surface area contributed by atoms with E-state index in [0.717, 1.165) is 21.9 Å². The van der Waals surface area contributed by atoms with E-state index >= 15 is 0 Å². The van der Waals surface area contributed by atoms with Crippen LogP contribution in [0.15, 0.2) is 72.8 Å². The zero-order valence-corrected chi connectivity index (χ0v) is 15.8. The Morgan fingerprint density at radius 2 is 1.61 bits per heavy atom. The van der Waals surface area contributed by atoms with Gasteiger partial charge < -0.3 is 14.8 Å². The van der Waals surface area contributed by atoms with Crippen LogP contribution in [0, 0.1) is 0 Å². The highest BCUT2D eigenvalue weighted by atomic mass is 16.5. The first-order chi connectivity index (χ1) is 13.7. The van der Waals surface area contributed by atoms with E-state index in [2.05, 4.69) is 5.32 Å². The minimum Gasteiger partial charge on any atom is -0.467 e. The number of ether oxygens (including phenoxy) is 2. The summed E-state index contributed by atoms with van der Waals surface area (Å²) in [7, 11) is 1.31. The second-order valence-electron chi connectivity index (χ2n) is 6.51. The molecule has 0 aliphatic carbocycles. The van der Waals surface area contributed by atoms with Gasteiger partial charge in [0.2, 0.25) is 5.91 Å². The Bertz CT molecular complexity index is 939. The van der Waals surface area contributed by atoms with Crippen LogP contribution >= 0.6 is 0 Å². The molecule has 0 aromatic heterocycles. The molecule has 1 N–H and O–H groups in total. The van der Waals surface area contributed by atoms with Crippen LogP contribution in [0.25, 0.3) is 10.8 Å². The maximum absolute atomic E-state index is 12.2. The second-order valence-corrected chi connectivity index (χ2v) is 6.51. The Labute approximate surface area is 164 Å². The number of amides is 1. The van der Waals surface area contributed by atoms with E-state index in [-0.39, 0.29) is 12.5 Å². The van der Waals surface area contributed by atoms with Crippen LogP contribution < -0.4 is 5.32 Å². The van der Waals surface area contributed by atoms with Gasteiger partial charge in [-0.2, -0.15) is 0 Å². The first kappa shape index (κ1) is 19.6. The van der Waals surface area contributed by atoms with Crippen LogP contribution in [-0.2, 0) is 32.1 Å². The van der Waals surface area contributed by atoms with E-state index in [1.807, 2.05) is 72.8 Å². The molecule has 144 valence electrons. The second kappa shape index (κ2) is 9.67. The first-order valence-corrected chi connectivity index (χ1v) is 9.12. The van der Waals surface area contributed by atoms with E-state index in [9.17, 15) is 9.59 Å². The number of hydrogen-bond acceptors (Lipinski definition) is 4. The third kappa shape index (κ3) is 5.41. The number of rotatable bonds is 8. The topological polar surface area (TPSA) is 64.6 Å². The molecule has 5 nitrogen and oxygen atoms in total. The molecule has 0 spiro atoms. The van der Waals surface area contributed by atoms with E-state index in [1.54, 1.807) is 0 Å². The summed E-state index contributed by atoms with van der Waals surface area (Å²) < 4.78 is 10.3. The summed E-state index contributed by atoms with van der Waals surface area (Å²) in [5, 5.41) is 4.92. The van der Waals surface area contributed by atoms with E-state index in [4.69, 9.17) is 9.47 Å². The fourth-order valence-electron chi connectivity index (χ4n) is 3.01. The summed E-state index contributed by atoms with van der Waals surface area (Å²) in [4.78, 5) is 24.4. The van der Waals surface area contributed by atoms with Crippen molar-refractivity contribution in [1.29, 1.82) is 0 Å². The number of hydrogen-bond donors (Lipinski definition) is 1. The summed E-state index contributed by atoms with van der Waals surface area (Å²) in [5.41, 5.74) is 1.93. The summed E-state index contributed by atoms with van der Waals surface area (Å²) in [6, 6.07) is 22.8. The largest absolute Gasteiger partial charge is 0.467 e. The molecule has 28 heavy (non-hydrogen) atoms. The van der Waals surface area contributed by atoms with Gasteiger partial charge >= 0.3 is 5.97 Å². The zero-order valence-electron chi connectivity index (χ0n) is 15.8. The SMILES string of the molecule is COC(=O)[C@@H](Cc1ccc2ccccc2c1)NC(=O)COCc1ccccc1. The number of benzene rings is 3. The molecule has 3 aromatic carbocycles. The third-order valence-corrected chi connectivity index (χ3v) is 4.42. The minimum atomic E-state index is -0.765. The number of fused-ring (bicyclic) bond motifs is 1. The van der Waals surface area contributed by atoms with Gasteiger partial charge in [-0.05, 0) is 21.9 Å². The quantitative estimate of drug-likeness (QED) is 0.612. The van der Waals surface area contributed by atoms with Gasteiger partial charge in [-0.3, -0.25) is 4.79 Å². The molecule has 0 saturated heterocycles. The van der Waals surface area contributed by atoms with Crippen molar-refractivity contribution in [2.75, 3.05) is 13.7 Å². The average molecular weight is 377 g/mol. The van der Waals surface area contributed by atoms with Crippen molar-refractivity contribution in [2.45, 2.75) is 19.1 Å². The van der Waals surface area contributed by atoms with Crippen LogP contribution in [0.3, 0.4) is 0 Å². The lowest BCUT2D eigenvalue weighted by Gasteiger charge is -2.17.